The number of aliphatic hydroxyl groups is 1. The van der Waals surface area contributed by atoms with Gasteiger partial charge in [-0.3, -0.25) is 19.5 Å². The molecule has 2 heterocycles. The van der Waals surface area contributed by atoms with E-state index in [4.69, 9.17) is 4.74 Å². The lowest BCUT2D eigenvalue weighted by molar-refractivity contribution is -0.132. The quantitative estimate of drug-likeness (QED) is 0.328. The summed E-state index contributed by atoms with van der Waals surface area (Å²) >= 11 is 0. The number of amides is 1. The van der Waals surface area contributed by atoms with Crippen molar-refractivity contribution in [1.29, 1.82) is 0 Å². The van der Waals surface area contributed by atoms with E-state index in [0.29, 0.717) is 22.7 Å². The molecule has 1 aliphatic rings. The molecule has 3 aromatic rings. The van der Waals surface area contributed by atoms with Gasteiger partial charge >= 0.3 is 0 Å². The molecule has 1 aromatic heterocycles. The molecular formula is C27H26N2O4. The predicted molar refractivity (Wildman–Crippen MR) is 127 cm³/mol. The summed E-state index contributed by atoms with van der Waals surface area (Å²) in [5.74, 6) is -1.15. The molecule has 0 spiro atoms. The molecule has 1 atom stereocenters. The number of Topliss-reactive ketones (excluding diaryl/α,β-unsaturated/α-hetero) is 1. The molecule has 1 saturated heterocycles. The molecule has 1 fully saturated rings. The number of anilines is 1. The fraction of sp³-hybridized carbons (Fsp3) is 0.222. The van der Waals surface area contributed by atoms with E-state index < -0.39 is 17.7 Å². The highest BCUT2D eigenvalue weighted by Crippen LogP contribution is 2.41. The van der Waals surface area contributed by atoms with Crippen molar-refractivity contribution in [3.63, 3.8) is 0 Å². The minimum absolute atomic E-state index is 0.0000324. The number of carbonyl (C=O) groups is 2. The Balaban J connectivity index is 1.87. The zero-order chi connectivity index (χ0) is 23.5. The Bertz CT molecular complexity index is 1200. The molecule has 2 aromatic carbocycles. The smallest absolute Gasteiger partial charge is 0.300 e. The van der Waals surface area contributed by atoms with Crippen LogP contribution in [0.5, 0.6) is 5.75 Å². The number of pyridine rings is 1. The number of aryl methyl sites for hydroxylation is 1. The van der Waals surface area contributed by atoms with Gasteiger partial charge in [0.1, 0.15) is 17.6 Å². The van der Waals surface area contributed by atoms with E-state index in [1.807, 2.05) is 45.0 Å². The molecule has 1 amide bonds. The summed E-state index contributed by atoms with van der Waals surface area (Å²) < 4.78 is 5.73. The van der Waals surface area contributed by atoms with Crippen LogP contribution in [-0.2, 0) is 16.0 Å². The number of aliphatic hydroxyl groups excluding tert-OH is 1. The zero-order valence-corrected chi connectivity index (χ0v) is 18.9. The highest BCUT2D eigenvalue weighted by Gasteiger charge is 2.47. The molecular weight excluding hydrogens is 416 g/mol. The summed E-state index contributed by atoms with van der Waals surface area (Å²) in [5.41, 5.74) is 2.58. The Morgan fingerprint density at radius 1 is 1.06 bits per heavy atom. The lowest BCUT2D eigenvalue weighted by Crippen LogP contribution is -2.29. The van der Waals surface area contributed by atoms with E-state index in [1.165, 1.54) is 4.90 Å². The number of ketones is 1. The normalized spacial score (nSPS) is 17.6. The molecule has 0 saturated carbocycles. The van der Waals surface area contributed by atoms with Crippen LogP contribution in [0.25, 0.3) is 5.76 Å². The third kappa shape index (κ3) is 4.37. The van der Waals surface area contributed by atoms with Crippen LogP contribution < -0.4 is 9.64 Å². The minimum Gasteiger partial charge on any atom is -0.507 e. The van der Waals surface area contributed by atoms with Crippen molar-refractivity contribution in [1.82, 2.24) is 4.98 Å². The van der Waals surface area contributed by atoms with E-state index in [9.17, 15) is 14.7 Å². The van der Waals surface area contributed by atoms with Crippen LogP contribution in [0.2, 0.25) is 0 Å². The minimum atomic E-state index is -0.853. The van der Waals surface area contributed by atoms with Gasteiger partial charge in [-0.2, -0.15) is 0 Å². The van der Waals surface area contributed by atoms with Crippen LogP contribution in [0.4, 0.5) is 5.69 Å². The van der Waals surface area contributed by atoms with Gasteiger partial charge in [-0.15, -0.1) is 0 Å². The highest BCUT2D eigenvalue weighted by molar-refractivity contribution is 6.51. The lowest BCUT2D eigenvalue weighted by atomic mass is 9.98. The Hall–Kier alpha value is -3.93. The number of carbonyl (C=O) groups excluding carboxylic acids is 2. The van der Waals surface area contributed by atoms with Crippen molar-refractivity contribution in [2.45, 2.75) is 39.3 Å². The number of benzene rings is 2. The van der Waals surface area contributed by atoms with Crippen molar-refractivity contribution in [3.05, 3.63) is 95.3 Å². The van der Waals surface area contributed by atoms with Gasteiger partial charge in [0.2, 0.25) is 0 Å². The molecule has 4 rings (SSSR count). The van der Waals surface area contributed by atoms with Gasteiger partial charge in [-0.1, -0.05) is 37.3 Å². The van der Waals surface area contributed by atoms with Gasteiger partial charge in [-0.05, 0) is 62.2 Å². The summed E-state index contributed by atoms with van der Waals surface area (Å²) in [6.07, 6.45) is 2.41. The maximum atomic E-state index is 13.2. The number of rotatable bonds is 6. The Morgan fingerprint density at radius 2 is 1.82 bits per heavy atom. The first kappa shape index (κ1) is 22.3. The maximum Gasteiger partial charge on any atom is 0.300 e. The third-order valence-corrected chi connectivity index (χ3v) is 5.51. The van der Waals surface area contributed by atoms with Crippen LogP contribution in [0.1, 0.15) is 43.6 Å². The molecule has 6 nitrogen and oxygen atoms in total. The van der Waals surface area contributed by atoms with Crippen molar-refractivity contribution in [3.8, 4) is 5.75 Å². The highest BCUT2D eigenvalue weighted by atomic mass is 16.5. The molecule has 1 unspecified atom stereocenters. The first-order valence-electron chi connectivity index (χ1n) is 11.0. The summed E-state index contributed by atoms with van der Waals surface area (Å²) in [6, 6.07) is 18.8. The van der Waals surface area contributed by atoms with Gasteiger partial charge in [0.05, 0.1) is 17.4 Å². The molecule has 1 aliphatic heterocycles. The van der Waals surface area contributed by atoms with Crippen molar-refractivity contribution < 1.29 is 19.4 Å². The van der Waals surface area contributed by atoms with E-state index in [2.05, 4.69) is 4.98 Å². The van der Waals surface area contributed by atoms with E-state index in [0.717, 1.165) is 12.0 Å². The van der Waals surface area contributed by atoms with Crippen molar-refractivity contribution in [2.24, 2.45) is 0 Å². The van der Waals surface area contributed by atoms with Crippen molar-refractivity contribution in [2.75, 3.05) is 4.90 Å². The molecule has 33 heavy (non-hydrogen) atoms. The van der Waals surface area contributed by atoms with Gasteiger partial charge < -0.3 is 9.84 Å². The van der Waals surface area contributed by atoms with Crippen LogP contribution in [0.3, 0.4) is 0 Å². The second-order valence-electron chi connectivity index (χ2n) is 8.14. The number of ether oxygens (including phenoxy) is 1. The molecule has 168 valence electrons. The second-order valence-corrected chi connectivity index (χ2v) is 8.14. The fourth-order valence-corrected chi connectivity index (χ4v) is 3.95. The number of nitrogens with zero attached hydrogens (tertiary/aromatic N) is 2. The monoisotopic (exact) mass is 442 g/mol. The van der Waals surface area contributed by atoms with Crippen LogP contribution in [0, 0.1) is 0 Å². The molecule has 0 bridgehead atoms. The average molecular weight is 443 g/mol. The maximum absolute atomic E-state index is 13.2. The van der Waals surface area contributed by atoms with Gasteiger partial charge in [0, 0.05) is 17.4 Å². The predicted octanol–water partition coefficient (Wildman–Crippen LogP) is 5.06. The molecule has 6 heteroatoms. The topological polar surface area (TPSA) is 79.7 Å². The van der Waals surface area contributed by atoms with Gasteiger partial charge in [-0.25, -0.2) is 0 Å². The molecule has 1 N–H and O–H groups in total. The summed E-state index contributed by atoms with van der Waals surface area (Å²) in [4.78, 5) is 32.2. The summed E-state index contributed by atoms with van der Waals surface area (Å²) in [7, 11) is 0. The average Bonchev–Trinajstić information content (AvgIpc) is 3.09. The molecule has 0 radical (unpaired) electrons. The van der Waals surface area contributed by atoms with E-state index in [1.54, 1.807) is 48.7 Å². The summed E-state index contributed by atoms with van der Waals surface area (Å²) in [6.45, 7) is 5.86. The first-order chi connectivity index (χ1) is 15.9. The second kappa shape index (κ2) is 9.28. The Labute approximate surface area is 193 Å². The third-order valence-electron chi connectivity index (χ3n) is 5.51. The standard InChI is InChI=1S/C27H26N2O4/c1-4-18-11-13-20(14-12-18)29-24(22-10-5-6-15-28-22)23(26(31)27(29)32)25(30)19-8-7-9-21(16-19)33-17(2)3/h5-17,24,30H,4H2,1-3H3/b25-23-. The number of hydrogen-bond donors (Lipinski definition) is 1. The Kier molecular flexibility index (Phi) is 6.27. The zero-order valence-electron chi connectivity index (χ0n) is 18.9. The first-order valence-corrected chi connectivity index (χ1v) is 11.0. The molecule has 0 aliphatic carbocycles. The summed E-state index contributed by atoms with van der Waals surface area (Å²) in [5, 5.41) is 11.2. The number of hydrogen-bond acceptors (Lipinski definition) is 5. The van der Waals surface area contributed by atoms with E-state index in [-0.39, 0.29) is 17.4 Å². The Morgan fingerprint density at radius 3 is 2.45 bits per heavy atom. The van der Waals surface area contributed by atoms with E-state index >= 15 is 0 Å². The van der Waals surface area contributed by atoms with Crippen LogP contribution >= 0.6 is 0 Å². The lowest BCUT2D eigenvalue weighted by Gasteiger charge is -2.24. The fourth-order valence-electron chi connectivity index (χ4n) is 3.95. The van der Waals surface area contributed by atoms with Crippen LogP contribution in [0.15, 0.2) is 78.5 Å². The number of aromatic nitrogens is 1. The van der Waals surface area contributed by atoms with Gasteiger partial charge in [0.15, 0.2) is 0 Å². The largest absolute Gasteiger partial charge is 0.507 e. The van der Waals surface area contributed by atoms with Gasteiger partial charge in [0.25, 0.3) is 11.7 Å². The van der Waals surface area contributed by atoms with Crippen LogP contribution in [-0.4, -0.2) is 27.9 Å². The van der Waals surface area contributed by atoms with Crippen molar-refractivity contribution >= 4 is 23.1 Å². The SMILES string of the molecule is CCc1ccc(N2C(=O)C(=O)/C(=C(\O)c3cccc(OC(C)C)c3)C2c2ccccn2)cc1.